The summed E-state index contributed by atoms with van der Waals surface area (Å²) in [5, 5.41) is 0. The van der Waals surface area contributed by atoms with Crippen LogP contribution in [0.15, 0.2) is 12.8 Å². The highest BCUT2D eigenvalue weighted by Crippen LogP contribution is 2.45. The Kier molecular flexibility index (Phi) is 4.16. The summed E-state index contributed by atoms with van der Waals surface area (Å²) in [6.45, 7) is 8.96. The number of carbonyl (C=O) groups is 2. The molecule has 1 saturated carbocycles. The number of ether oxygens (including phenoxy) is 3. The van der Waals surface area contributed by atoms with E-state index in [1.54, 1.807) is 20.8 Å². The van der Waals surface area contributed by atoms with Gasteiger partial charge in [0, 0.05) is 18.4 Å². The van der Waals surface area contributed by atoms with E-state index in [0.29, 0.717) is 6.42 Å². The molecule has 2 bridgehead atoms. The minimum atomic E-state index is -0.645. The van der Waals surface area contributed by atoms with E-state index in [-0.39, 0.29) is 18.1 Å². The summed E-state index contributed by atoms with van der Waals surface area (Å²) in [5.74, 6) is -0.501. The van der Waals surface area contributed by atoms with Gasteiger partial charge in [0.05, 0.1) is 13.4 Å². The van der Waals surface area contributed by atoms with E-state index in [0.717, 1.165) is 6.42 Å². The molecule has 0 aromatic rings. The molecule has 6 heteroatoms. The van der Waals surface area contributed by atoms with Crippen molar-refractivity contribution < 1.29 is 23.8 Å². The van der Waals surface area contributed by atoms with Gasteiger partial charge in [-0.3, -0.25) is 4.90 Å². The lowest BCUT2D eigenvalue weighted by molar-refractivity contribution is -0.150. The number of fused-ring (bicyclic) bond motifs is 2. The number of rotatable bonds is 3. The van der Waals surface area contributed by atoms with Gasteiger partial charge in [-0.15, -0.1) is 0 Å². The van der Waals surface area contributed by atoms with Gasteiger partial charge in [-0.1, -0.05) is 6.58 Å². The van der Waals surface area contributed by atoms with Crippen LogP contribution in [0.5, 0.6) is 0 Å². The zero-order valence-electron chi connectivity index (χ0n) is 13.0. The Morgan fingerprint density at radius 3 is 2.48 bits per heavy atom. The number of esters is 1. The van der Waals surface area contributed by atoms with Crippen molar-refractivity contribution in [1.82, 2.24) is 4.90 Å². The molecule has 1 aliphatic carbocycles. The van der Waals surface area contributed by atoms with Gasteiger partial charge in [0.25, 0.3) is 0 Å². The maximum atomic E-state index is 12.4. The van der Waals surface area contributed by atoms with Crippen LogP contribution in [0.1, 0.15) is 33.6 Å². The highest BCUT2D eigenvalue weighted by molar-refractivity contribution is 5.83. The predicted molar refractivity (Wildman–Crippen MR) is 75.5 cm³/mol. The lowest BCUT2D eigenvalue weighted by atomic mass is 9.96. The monoisotopic (exact) mass is 297 g/mol. The lowest BCUT2D eigenvalue weighted by Gasteiger charge is -2.37. The molecule has 0 N–H and O–H groups in total. The summed E-state index contributed by atoms with van der Waals surface area (Å²) in [6.07, 6.45) is 2.22. The Morgan fingerprint density at radius 1 is 1.29 bits per heavy atom. The molecule has 1 aliphatic heterocycles. The van der Waals surface area contributed by atoms with E-state index in [4.69, 9.17) is 14.2 Å². The van der Waals surface area contributed by atoms with Gasteiger partial charge in [0.2, 0.25) is 0 Å². The van der Waals surface area contributed by atoms with Crippen LogP contribution in [0.4, 0.5) is 4.79 Å². The second-order valence-electron chi connectivity index (χ2n) is 6.49. The summed E-state index contributed by atoms with van der Waals surface area (Å²) in [5.41, 5.74) is -0.601. The highest BCUT2D eigenvalue weighted by atomic mass is 16.6. The maximum absolute atomic E-state index is 12.4. The third kappa shape index (κ3) is 2.99. The molecule has 1 saturated heterocycles. The van der Waals surface area contributed by atoms with Gasteiger partial charge >= 0.3 is 12.1 Å². The molecular weight excluding hydrogens is 274 g/mol. The van der Waals surface area contributed by atoms with Gasteiger partial charge in [-0.05, 0) is 27.2 Å². The molecule has 1 amide bonds. The molecule has 4 atom stereocenters. The average Bonchev–Trinajstić information content (AvgIpc) is 2.93. The Bertz CT molecular complexity index is 442. The number of nitrogens with zero attached hydrogens (tertiary/aromatic N) is 1. The quantitative estimate of drug-likeness (QED) is 0.589. The number of amides is 1. The van der Waals surface area contributed by atoms with Crippen LogP contribution in [-0.2, 0) is 19.0 Å². The molecule has 0 spiro atoms. The maximum Gasteiger partial charge on any atom is 0.411 e. The van der Waals surface area contributed by atoms with E-state index in [2.05, 4.69) is 6.58 Å². The number of likely N-dealkylation sites (tertiary alicyclic amines) is 1. The molecule has 0 aromatic carbocycles. The molecule has 1 heterocycles. The summed E-state index contributed by atoms with van der Waals surface area (Å²) in [7, 11) is 1.32. The van der Waals surface area contributed by atoms with E-state index >= 15 is 0 Å². The van der Waals surface area contributed by atoms with Crippen LogP contribution in [0.2, 0.25) is 0 Å². The Balaban J connectivity index is 2.20. The number of hydrogen-bond acceptors (Lipinski definition) is 5. The summed E-state index contributed by atoms with van der Waals surface area (Å²) < 4.78 is 15.7. The number of carbonyl (C=O) groups excluding carboxylic acids is 2. The van der Waals surface area contributed by atoms with E-state index in [1.807, 2.05) is 0 Å². The second kappa shape index (κ2) is 5.58. The van der Waals surface area contributed by atoms with E-state index in [1.165, 1.54) is 18.3 Å². The number of piperidine rings is 1. The molecule has 118 valence electrons. The van der Waals surface area contributed by atoms with Crippen molar-refractivity contribution in [1.29, 1.82) is 0 Å². The minimum Gasteiger partial charge on any atom is -0.498 e. The molecule has 0 unspecified atom stereocenters. The van der Waals surface area contributed by atoms with Gasteiger partial charge in [0.1, 0.15) is 17.7 Å². The second-order valence-corrected chi connectivity index (χ2v) is 6.49. The van der Waals surface area contributed by atoms with E-state index in [9.17, 15) is 9.59 Å². The van der Waals surface area contributed by atoms with Crippen LogP contribution in [0.25, 0.3) is 0 Å². The third-order valence-corrected chi connectivity index (χ3v) is 3.94. The van der Waals surface area contributed by atoms with Gasteiger partial charge in [-0.25, -0.2) is 9.59 Å². The molecule has 2 rings (SSSR count). The zero-order valence-corrected chi connectivity index (χ0v) is 13.0. The summed E-state index contributed by atoms with van der Waals surface area (Å²) >= 11 is 0. The smallest absolute Gasteiger partial charge is 0.411 e. The first-order chi connectivity index (χ1) is 9.78. The fourth-order valence-electron chi connectivity index (χ4n) is 3.26. The summed E-state index contributed by atoms with van der Waals surface area (Å²) in [4.78, 5) is 26.0. The van der Waals surface area contributed by atoms with Crippen molar-refractivity contribution in [2.45, 2.75) is 57.4 Å². The molecule has 21 heavy (non-hydrogen) atoms. The Morgan fingerprint density at radius 2 is 1.95 bits per heavy atom. The molecule has 0 aromatic heterocycles. The Hall–Kier alpha value is -1.72. The molecule has 2 fully saturated rings. The van der Waals surface area contributed by atoms with Crippen molar-refractivity contribution in [3.63, 3.8) is 0 Å². The predicted octanol–water partition coefficient (Wildman–Crippen LogP) is 2.09. The van der Waals surface area contributed by atoms with Crippen LogP contribution < -0.4 is 0 Å². The number of hydrogen-bond donors (Lipinski definition) is 0. The van der Waals surface area contributed by atoms with Crippen molar-refractivity contribution in [2.24, 2.45) is 5.92 Å². The first-order valence-electron chi connectivity index (χ1n) is 7.14. The topological polar surface area (TPSA) is 65.1 Å². The van der Waals surface area contributed by atoms with Crippen LogP contribution >= 0.6 is 0 Å². The van der Waals surface area contributed by atoms with Gasteiger partial charge in [0.15, 0.2) is 0 Å². The lowest BCUT2D eigenvalue weighted by Crippen LogP contribution is -2.54. The van der Waals surface area contributed by atoms with E-state index < -0.39 is 23.7 Å². The summed E-state index contributed by atoms with van der Waals surface area (Å²) in [6, 6.07) is -0.701. The van der Waals surface area contributed by atoms with Crippen molar-refractivity contribution in [3.05, 3.63) is 12.8 Å². The first kappa shape index (κ1) is 15.7. The molecule has 2 aliphatic rings. The molecular formula is C15H23NO5. The van der Waals surface area contributed by atoms with Crippen LogP contribution in [0.3, 0.4) is 0 Å². The van der Waals surface area contributed by atoms with Crippen molar-refractivity contribution in [2.75, 3.05) is 7.11 Å². The third-order valence-electron chi connectivity index (χ3n) is 3.94. The zero-order chi connectivity index (χ0) is 15.8. The fraction of sp³-hybridized carbons (Fsp3) is 0.733. The van der Waals surface area contributed by atoms with Gasteiger partial charge in [-0.2, -0.15) is 0 Å². The molecule has 6 nitrogen and oxygen atoms in total. The largest absolute Gasteiger partial charge is 0.498 e. The van der Waals surface area contributed by atoms with Crippen LogP contribution in [0, 0.1) is 5.92 Å². The Labute approximate surface area is 125 Å². The van der Waals surface area contributed by atoms with Crippen molar-refractivity contribution in [3.8, 4) is 0 Å². The minimum absolute atomic E-state index is 0.0566. The molecule has 0 radical (unpaired) electrons. The van der Waals surface area contributed by atoms with Crippen LogP contribution in [-0.4, -0.2) is 47.9 Å². The fourth-order valence-corrected chi connectivity index (χ4v) is 3.26. The standard InChI is InChI=1S/C15H23NO5/c1-6-20-11-8-9-7-10(11)12(13(17)19-5)16(9)14(18)21-15(2,3)4/h6,9-12H,1,7-8H2,2-5H3/t9-,10+,11+,12-/m1/s1. The van der Waals surface area contributed by atoms with Crippen molar-refractivity contribution >= 4 is 12.1 Å². The highest BCUT2D eigenvalue weighted by Gasteiger charge is 2.58. The number of methoxy groups -OCH3 is 1. The normalized spacial score (nSPS) is 31.0. The average molecular weight is 297 g/mol. The first-order valence-corrected chi connectivity index (χ1v) is 7.14. The SMILES string of the molecule is C=CO[C@H]1C[C@H]2C[C@@H]1[C@H](C(=O)OC)N2C(=O)OC(C)(C)C. The van der Waals surface area contributed by atoms with Gasteiger partial charge < -0.3 is 14.2 Å².